The highest BCUT2D eigenvalue weighted by Gasteiger charge is 2.39. The van der Waals surface area contributed by atoms with Crippen LogP contribution in [0.3, 0.4) is 0 Å². The molecule has 1 saturated carbocycles. The van der Waals surface area contributed by atoms with Gasteiger partial charge in [0.05, 0.1) is 6.04 Å². The molecule has 0 atom stereocenters. The molecular formula is C13H21N3O2. The summed E-state index contributed by atoms with van der Waals surface area (Å²) in [6, 6.07) is 0.150. The molecule has 5 nitrogen and oxygen atoms in total. The smallest absolute Gasteiger partial charge is 0.288 e. The Balaban J connectivity index is 2.12. The van der Waals surface area contributed by atoms with E-state index in [0.717, 1.165) is 12.8 Å². The first-order valence-corrected chi connectivity index (χ1v) is 6.37. The summed E-state index contributed by atoms with van der Waals surface area (Å²) in [7, 11) is 0. The summed E-state index contributed by atoms with van der Waals surface area (Å²) < 4.78 is 0. The summed E-state index contributed by atoms with van der Waals surface area (Å²) in [4.78, 5) is 26.6. The number of carbonyl (C=O) groups excluding carboxylic acids is 2. The predicted molar refractivity (Wildman–Crippen MR) is 68.9 cm³/mol. The first kappa shape index (κ1) is 13.1. The van der Waals surface area contributed by atoms with Gasteiger partial charge in [-0.3, -0.25) is 20.2 Å². The maximum atomic E-state index is 11.1. The lowest BCUT2D eigenvalue weighted by atomic mass is 9.64. The van der Waals surface area contributed by atoms with Gasteiger partial charge in [0.2, 0.25) is 5.96 Å². The van der Waals surface area contributed by atoms with Gasteiger partial charge in [0.15, 0.2) is 0 Å². The minimum Gasteiger partial charge on any atom is -0.288 e. The molecule has 0 aromatic rings. The van der Waals surface area contributed by atoms with E-state index in [0.29, 0.717) is 5.96 Å². The zero-order valence-electron chi connectivity index (χ0n) is 11.5. The molecule has 0 radical (unpaired) electrons. The number of rotatable bonds is 1. The van der Waals surface area contributed by atoms with E-state index in [1.165, 1.54) is 6.42 Å². The molecule has 0 bridgehead atoms. The van der Waals surface area contributed by atoms with Gasteiger partial charge in [0.1, 0.15) is 0 Å². The van der Waals surface area contributed by atoms with Crippen LogP contribution in [0, 0.1) is 10.8 Å². The third kappa shape index (κ3) is 2.89. The molecular weight excluding hydrogens is 230 g/mol. The second kappa shape index (κ2) is 4.07. The number of nitrogens with one attached hydrogen (secondary N) is 2. The van der Waals surface area contributed by atoms with Gasteiger partial charge < -0.3 is 0 Å². The number of carbonyl (C=O) groups is 2. The molecule has 2 aliphatic rings. The molecule has 1 aliphatic heterocycles. The molecule has 0 unspecified atom stereocenters. The number of aliphatic imine (C=N–C) groups is 1. The highest BCUT2D eigenvalue weighted by atomic mass is 16.2. The molecule has 5 heteroatoms. The lowest BCUT2D eigenvalue weighted by Gasteiger charge is -2.43. The van der Waals surface area contributed by atoms with Crippen molar-refractivity contribution in [1.29, 1.82) is 0 Å². The molecule has 1 heterocycles. The third-order valence-electron chi connectivity index (χ3n) is 3.52. The second-order valence-electron chi connectivity index (χ2n) is 6.95. The SMILES string of the molecule is CC1(C)CC(N=C2NC(=O)C(=O)N2)CC(C)(C)C1. The largest absolute Gasteiger partial charge is 0.316 e. The Morgan fingerprint density at radius 2 is 1.44 bits per heavy atom. The number of hydrogen-bond acceptors (Lipinski definition) is 3. The van der Waals surface area contributed by atoms with Crippen molar-refractivity contribution in [2.24, 2.45) is 15.8 Å². The minimum atomic E-state index is -0.622. The van der Waals surface area contributed by atoms with Crippen molar-refractivity contribution in [2.75, 3.05) is 0 Å². The molecule has 2 rings (SSSR count). The van der Waals surface area contributed by atoms with Crippen molar-refractivity contribution in [1.82, 2.24) is 10.6 Å². The van der Waals surface area contributed by atoms with Crippen LogP contribution < -0.4 is 10.6 Å². The Morgan fingerprint density at radius 1 is 1.00 bits per heavy atom. The molecule has 2 fully saturated rings. The van der Waals surface area contributed by atoms with Crippen LogP contribution in [0.25, 0.3) is 0 Å². The summed E-state index contributed by atoms with van der Waals surface area (Å²) >= 11 is 0. The van der Waals surface area contributed by atoms with Crippen LogP contribution in [0.4, 0.5) is 0 Å². The fourth-order valence-electron chi connectivity index (χ4n) is 3.49. The average molecular weight is 251 g/mol. The van der Waals surface area contributed by atoms with Gasteiger partial charge in [0.25, 0.3) is 0 Å². The number of guanidine groups is 1. The Kier molecular flexibility index (Phi) is 2.95. The van der Waals surface area contributed by atoms with Crippen LogP contribution in [0.5, 0.6) is 0 Å². The summed E-state index contributed by atoms with van der Waals surface area (Å²) in [6.07, 6.45) is 3.12. The van der Waals surface area contributed by atoms with Crippen LogP contribution in [-0.2, 0) is 9.59 Å². The standard InChI is InChI=1S/C13H21N3O2/c1-12(2)5-8(6-13(3,4)7-12)14-11-15-9(17)10(18)16-11/h8H,5-7H2,1-4H3,(H2,14,15,16,17,18). The fraction of sp³-hybridized carbons (Fsp3) is 0.769. The number of nitrogens with zero attached hydrogens (tertiary/aromatic N) is 1. The van der Waals surface area contributed by atoms with E-state index < -0.39 is 11.8 Å². The second-order valence-corrected chi connectivity index (χ2v) is 6.95. The maximum absolute atomic E-state index is 11.1. The maximum Gasteiger partial charge on any atom is 0.316 e. The zero-order valence-corrected chi connectivity index (χ0v) is 11.5. The van der Waals surface area contributed by atoms with Crippen molar-refractivity contribution >= 4 is 17.8 Å². The summed E-state index contributed by atoms with van der Waals surface area (Å²) in [5.74, 6) is -0.936. The van der Waals surface area contributed by atoms with E-state index in [2.05, 4.69) is 43.3 Å². The fourth-order valence-corrected chi connectivity index (χ4v) is 3.49. The van der Waals surface area contributed by atoms with Gasteiger partial charge in [-0.2, -0.15) is 0 Å². The Hall–Kier alpha value is -1.39. The topological polar surface area (TPSA) is 70.6 Å². The summed E-state index contributed by atoms with van der Waals surface area (Å²) in [6.45, 7) is 8.97. The molecule has 18 heavy (non-hydrogen) atoms. The van der Waals surface area contributed by atoms with E-state index in [-0.39, 0.29) is 16.9 Å². The van der Waals surface area contributed by atoms with Gasteiger partial charge in [0, 0.05) is 0 Å². The highest BCUT2D eigenvalue weighted by Crippen LogP contribution is 2.46. The summed E-state index contributed by atoms with van der Waals surface area (Å²) in [5.41, 5.74) is 0.478. The van der Waals surface area contributed by atoms with Crippen LogP contribution in [0.1, 0.15) is 47.0 Å². The molecule has 1 saturated heterocycles. The zero-order chi connectivity index (χ0) is 13.6. The number of hydrogen-bond donors (Lipinski definition) is 2. The number of amides is 2. The lowest BCUT2D eigenvalue weighted by molar-refractivity contribution is -0.135. The molecule has 1 aliphatic carbocycles. The third-order valence-corrected chi connectivity index (χ3v) is 3.52. The van der Waals surface area contributed by atoms with Crippen molar-refractivity contribution < 1.29 is 9.59 Å². The first-order chi connectivity index (χ1) is 8.17. The highest BCUT2D eigenvalue weighted by molar-refractivity contribution is 6.45. The van der Waals surface area contributed by atoms with Crippen molar-refractivity contribution in [2.45, 2.75) is 53.0 Å². The van der Waals surface area contributed by atoms with E-state index in [1.54, 1.807) is 0 Å². The van der Waals surface area contributed by atoms with Gasteiger partial charge in [-0.05, 0) is 30.1 Å². The van der Waals surface area contributed by atoms with E-state index >= 15 is 0 Å². The van der Waals surface area contributed by atoms with E-state index in [1.807, 2.05) is 0 Å². The van der Waals surface area contributed by atoms with Crippen LogP contribution in [0.15, 0.2) is 4.99 Å². The first-order valence-electron chi connectivity index (χ1n) is 6.37. The van der Waals surface area contributed by atoms with Crippen molar-refractivity contribution in [3.8, 4) is 0 Å². The molecule has 2 N–H and O–H groups in total. The molecule has 100 valence electrons. The van der Waals surface area contributed by atoms with Crippen LogP contribution >= 0.6 is 0 Å². The van der Waals surface area contributed by atoms with Crippen molar-refractivity contribution in [3.05, 3.63) is 0 Å². The van der Waals surface area contributed by atoms with Crippen molar-refractivity contribution in [3.63, 3.8) is 0 Å². The molecule has 2 amide bonds. The molecule has 0 aromatic heterocycles. The van der Waals surface area contributed by atoms with Gasteiger partial charge in [-0.1, -0.05) is 27.7 Å². The van der Waals surface area contributed by atoms with E-state index in [9.17, 15) is 9.59 Å². The minimum absolute atomic E-state index is 0.150. The average Bonchev–Trinajstić information content (AvgIpc) is 2.39. The summed E-state index contributed by atoms with van der Waals surface area (Å²) in [5, 5.41) is 4.91. The molecule has 0 spiro atoms. The van der Waals surface area contributed by atoms with E-state index in [4.69, 9.17) is 0 Å². The predicted octanol–water partition coefficient (Wildman–Crippen LogP) is 1.19. The Bertz CT molecular complexity index is 390. The van der Waals surface area contributed by atoms with Gasteiger partial charge in [-0.25, -0.2) is 4.99 Å². The van der Waals surface area contributed by atoms with Gasteiger partial charge >= 0.3 is 11.8 Å². The van der Waals surface area contributed by atoms with Crippen LogP contribution in [-0.4, -0.2) is 23.8 Å². The van der Waals surface area contributed by atoms with Gasteiger partial charge in [-0.15, -0.1) is 0 Å². The van der Waals surface area contributed by atoms with Crippen LogP contribution in [0.2, 0.25) is 0 Å². The quantitative estimate of drug-likeness (QED) is 0.687. The Labute approximate surface area is 107 Å². The lowest BCUT2D eigenvalue weighted by Crippen LogP contribution is -2.38. The normalized spacial score (nSPS) is 26.8. The molecule has 0 aromatic carbocycles. The Morgan fingerprint density at radius 3 is 1.89 bits per heavy atom. The monoisotopic (exact) mass is 251 g/mol.